The van der Waals surface area contributed by atoms with Crippen molar-refractivity contribution in [3.05, 3.63) is 23.5 Å². The van der Waals surface area contributed by atoms with E-state index >= 15 is 0 Å². The average molecular weight is 213 g/mol. The van der Waals surface area contributed by atoms with Gasteiger partial charge in [-0.1, -0.05) is 0 Å². The van der Waals surface area contributed by atoms with Gasteiger partial charge >= 0.3 is 0 Å². The van der Waals surface area contributed by atoms with Crippen molar-refractivity contribution in [2.45, 2.75) is 38.7 Å². The second-order valence-corrected chi connectivity index (χ2v) is 3.92. The van der Waals surface area contributed by atoms with Crippen molar-refractivity contribution in [2.75, 3.05) is 0 Å². The Morgan fingerprint density at radius 1 is 1.27 bits per heavy atom. The van der Waals surface area contributed by atoms with Crippen LogP contribution in [0.1, 0.15) is 35.2 Å². The third-order valence-corrected chi connectivity index (χ3v) is 2.71. The first-order valence-corrected chi connectivity index (χ1v) is 5.17. The first-order chi connectivity index (χ1) is 7.16. The summed E-state index contributed by atoms with van der Waals surface area (Å²) >= 11 is 0. The average Bonchev–Trinajstić information content (AvgIpc) is 2.47. The van der Waals surface area contributed by atoms with Gasteiger partial charge in [-0.3, -0.25) is 4.79 Å². The summed E-state index contributed by atoms with van der Waals surface area (Å²) in [5, 5.41) is 0. The molecule has 0 N–H and O–H groups in total. The number of aromatic nitrogens is 1. The maximum atomic E-state index is 12.2. The fraction of sp³-hybridized carbons (Fsp3) is 0.545. The first kappa shape index (κ1) is 10.3. The van der Waals surface area contributed by atoms with E-state index < -0.39 is 6.43 Å². The molecule has 1 aromatic rings. The molecule has 0 aromatic carbocycles. The molecule has 0 unspecified atom stereocenters. The predicted molar refractivity (Wildman–Crippen MR) is 52.3 cm³/mol. The van der Waals surface area contributed by atoms with Gasteiger partial charge in [0.15, 0.2) is 5.78 Å². The van der Waals surface area contributed by atoms with Crippen molar-refractivity contribution >= 4 is 5.78 Å². The van der Waals surface area contributed by atoms with Gasteiger partial charge in [-0.25, -0.2) is 8.78 Å². The number of rotatable bonds is 2. The second-order valence-electron chi connectivity index (χ2n) is 3.92. The first-order valence-electron chi connectivity index (χ1n) is 5.17. The summed E-state index contributed by atoms with van der Waals surface area (Å²) in [4.78, 5) is 11.6. The SMILES string of the molecule is O=C1CCCCc2cn(CC(F)F)cc21. The number of hydrogen-bond donors (Lipinski definition) is 0. The van der Waals surface area contributed by atoms with Gasteiger partial charge in [0.25, 0.3) is 6.43 Å². The molecule has 0 fully saturated rings. The number of aryl methyl sites for hydroxylation is 1. The summed E-state index contributed by atoms with van der Waals surface area (Å²) in [6.45, 7) is -0.319. The highest BCUT2D eigenvalue weighted by atomic mass is 19.3. The molecule has 0 amide bonds. The summed E-state index contributed by atoms with van der Waals surface area (Å²) in [5.41, 5.74) is 1.58. The largest absolute Gasteiger partial charge is 0.348 e. The normalized spacial score (nSPS) is 16.6. The van der Waals surface area contributed by atoms with Crippen LogP contribution in [0.3, 0.4) is 0 Å². The lowest BCUT2D eigenvalue weighted by Crippen LogP contribution is -2.04. The van der Waals surface area contributed by atoms with Crippen LogP contribution in [0.4, 0.5) is 8.78 Å². The van der Waals surface area contributed by atoms with Gasteiger partial charge in [0, 0.05) is 24.4 Å². The zero-order chi connectivity index (χ0) is 10.8. The Kier molecular flexibility index (Phi) is 2.84. The predicted octanol–water partition coefficient (Wildman–Crippen LogP) is 2.66. The van der Waals surface area contributed by atoms with Gasteiger partial charge in [-0.15, -0.1) is 0 Å². The van der Waals surface area contributed by atoms with Crippen molar-refractivity contribution < 1.29 is 13.6 Å². The number of fused-ring (bicyclic) bond motifs is 1. The molecule has 0 bridgehead atoms. The Morgan fingerprint density at radius 3 is 2.73 bits per heavy atom. The minimum Gasteiger partial charge on any atom is -0.348 e. The summed E-state index contributed by atoms with van der Waals surface area (Å²) in [6, 6.07) is 0. The number of halogens is 2. The monoisotopic (exact) mass is 213 g/mol. The lowest BCUT2D eigenvalue weighted by molar-refractivity contribution is 0.0980. The summed E-state index contributed by atoms with van der Waals surface area (Å²) in [6.07, 6.45) is 4.14. The number of alkyl halides is 2. The fourth-order valence-electron chi connectivity index (χ4n) is 2.01. The van der Waals surface area contributed by atoms with E-state index in [2.05, 4.69) is 0 Å². The Bertz CT molecular complexity index is 371. The van der Waals surface area contributed by atoms with E-state index in [0.717, 1.165) is 24.8 Å². The van der Waals surface area contributed by atoms with Crippen LogP contribution in [0.5, 0.6) is 0 Å². The van der Waals surface area contributed by atoms with Crippen LogP contribution < -0.4 is 0 Å². The standard InChI is InChI=1S/C11H13F2NO/c12-11(13)7-14-5-8-3-1-2-4-10(15)9(8)6-14/h5-6,11H,1-4,7H2. The van der Waals surface area contributed by atoms with E-state index in [1.54, 1.807) is 12.4 Å². The van der Waals surface area contributed by atoms with Gasteiger partial charge in [0.05, 0.1) is 6.54 Å². The van der Waals surface area contributed by atoms with Crippen molar-refractivity contribution in [1.82, 2.24) is 4.57 Å². The van der Waals surface area contributed by atoms with Crippen LogP contribution in [0.25, 0.3) is 0 Å². The van der Waals surface area contributed by atoms with Crippen molar-refractivity contribution in [2.24, 2.45) is 0 Å². The van der Waals surface area contributed by atoms with Crippen LogP contribution in [-0.4, -0.2) is 16.8 Å². The second kappa shape index (κ2) is 4.13. The Hall–Kier alpha value is -1.19. The van der Waals surface area contributed by atoms with Crippen molar-refractivity contribution in [1.29, 1.82) is 0 Å². The Morgan fingerprint density at radius 2 is 2.00 bits per heavy atom. The van der Waals surface area contributed by atoms with Crippen LogP contribution in [0.15, 0.2) is 12.4 Å². The van der Waals surface area contributed by atoms with Gasteiger partial charge < -0.3 is 4.57 Å². The maximum absolute atomic E-state index is 12.2. The van der Waals surface area contributed by atoms with E-state index in [0.29, 0.717) is 12.0 Å². The van der Waals surface area contributed by atoms with E-state index in [1.807, 2.05) is 0 Å². The lowest BCUT2D eigenvalue weighted by atomic mass is 10.1. The lowest BCUT2D eigenvalue weighted by Gasteiger charge is -2.00. The fourth-order valence-corrected chi connectivity index (χ4v) is 2.01. The maximum Gasteiger partial charge on any atom is 0.256 e. The molecule has 2 nitrogen and oxygen atoms in total. The van der Waals surface area contributed by atoms with E-state index in [4.69, 9.17) is 0 Å². The third kappa shape index (κ3) is 2.25. The number of carbonyl (C=O) groups is 1. The van der Waals surface area contributed by atoms with Gasteiger partial charge in [-0.2, -0.15) is 0 Å². The van der Waals surface area contributed by atoms with Crippen LogP contribution in [0, 0.1) is 0 Å². The number of nitrogens with zero attached hydrogens (tertiary/aromatic N) is 1. The highest BCUT2D eigenvalue weighted by molar-refractivity contribution is 5.97. The van der Waals surface area contributed by atoms with Crippen LogP contribution in [-0.2, 0) is 13.0 Å². The third-order valence-electron chi connectivity index (χ3n) is 2.71. The molecule has 1 aliphatic carbocycles. The molecule has 0 saturated carbocycles. The molecular formula is C11H13F2NO. The van der Waals surface area contributed by atoms with Gasteiger partial charge in [0.2, 0.25) is 0 Å². The number of Topliss-reactive ketones (excluding diaryl/α,β-unsaturated/α-hetero) is 1. The molecule has 82 valence electrons. The zero-order valence-corrected chi connectivity index (χ0v) is 8.38. The molecule has 0 aliphatic heterocycles. The van der Waals surface area contributed by atoms with Crippen LogP contribution in [0.2, 0.25) is 0 Å². The minimum absolute atomic E-state index is 0.0931. The topological polar surface area (TPSA) is 22.0 Å². The molecular weight excluding hydrogens is 200 g/mol. The smallest absolute Gasteiger partial charge is 0.256 e. The molecule has 0 spiro atoms. The molecule has 0 atom stereocenters. The summed E-state index contributed by atoms with van der Waals surface area (Å²) in [7, 11) is 0. The van der Waals surface area contributed by atoms with Crippen molar-refractivity contribution in [3.63, 3.8) is 0 Å². The van der Waals surface area contributed by atoms with E-state index in [1.165, 1.54) is 4.57 Å². The molecule has 2 rings (SSSR count). The molecule has 15 heavy (non-hydrogen) atoms. The van der Waals surface area contributed by atoms with E-state index in [-0.39, 0.29) is 12.3 Å². The number of carbonyl (C=O) groups excluding carboxylic acids is 1. The van der Waals surface area contributed by atoms with Crippen molar-refractivity contribution in [3.8, 4) is 0 Å². The Balaban J connectivity index is 2.25. The molecule has 0 radical (unpaired) electrons. The molecule has 1 aliphatic rings. The zero-order valence-electron chi connectivity index (χ0n) is 8.38. The summed E-state index contributed by atoms with van der Waals surface area (Å²) < 4.78 is 25.7. The number of ketones is 1. The molecule has 1 heterocycles. The van der Waals surface area contributed by atoms with Gasteiger partial charge in [-0.05, 0) is 24.8 Å². The minimum atomic E-state index is -2.36. The quantitative estimate of drug-likeness (QED) is 0.692. The highest BCUT2D eigenvalue weighted by Crippen LogP contribution is 2.21. The Labute approximate surface area is 86.9 Å². The number of hydrogen-bond acceptors (Lipinski definition) is 1. The van der Waals surface area contributed by atoms with Gasteiger partial charge in [0.1, 0.15) is 0 Å². The molecule has 1 aromatic heterocycles. The molecule has 0 saturated heterocycles. The molecule has 4 heteroatoms. The van der Waals surface area contributed by atoms with Crippen LogP contribution >= 0.6 is 0 Å². The highest BCUT2D eigenvalue weighted by Gasteiger charge is 2.18. The summed E-state index contributed by atoms with van der Waals surface area (Å²) in [5.74, 6) is 0.0931. The van der Waals surface area contributed by atoms with E-state index in [9.17, 15) is 13.6 Å².